The first-order valence-electron chi connectivity index (χ1n) is 10.2. The molecule has 0 bridgehead atoms. The lowest BCUT2D eigenvalue weighted by molar-refractivity contribution is -0.0817. The monoisotopic (exact) mass is 375 g/mol. The van der Waals surface area contributed by atoms with E-state index in [0.717, 1.165) is 76.8 Å². The van der Waals surface area contributed by atoms with Gasteiger partial charge in [0.15, 0.2) is 5.96 Å². The van der Waals surface area contributed by atoms with Crippen molar-refractivity contribution in [3.05, 3.63) is 29.8 Å². The van der Waals surface area contributed by atoms with Gasteiger partial charge in [-0.25, -0.2) is 0 Å². The molecule has 0 amide bonds. The highest BCUT2D eigenvalue weighted by Gasteiger charge is 2.32. The Bertz CT molecular complexity index is 602. The lowest BCUT2D eigenvalue weighted by Gasteiger charge is -2.37. The smallest absolute Gasteiger partial charge is 0.194 e. The van der Waals surface area contributed by atoms with Crippen molar-refractivity contribution in [1.29, 1.82) is 0 Å². The number of aliphatic imine (C=N–C) groups is 1. The van der Waals surface area contributed by atoms with E-state index in [4.69, 9.17) is 19.2 Å². The van der Waals surface area contributed by atoms with Crippen molar-refractivity contribution in [1.82, 2.24) is 10.2 Å². The van der Waals surface area contributed by atoms with E-state index < -0.39 is 0 Å². The summed E-state index contributed by atoms with van der Waals surface area (Å²) < 4.78 is 17.1. The maximum Gasteiger partial charge on any atom is 0.194 e. The minimum atomic E-state index is 0.155. The molecule has 0 spiro atoms. The largest absolute Gasteiger partial charge is 0.497 e. The standard InChI is InChI=1S/C21H33N3O3/c1-3-22-21(23-11-5-8-17-7-4-9-18(15-17)25-2)24-12-14-27-20(16-24)19-10-6-13-26-19/h4,7,9,15,19-20H,3,5-6,8,10-14,16H2,1-2H3,(H,22,23). The Kier molecular flexibility index (Phi) is 7.78. The molecule has 2 fully saturated rings. The summed E-state index contributed by atoms with van der Waals surface area (Å²) in [5, 5.41) is 3.44. The van der Waals surface area contributed by atoms with E-state index in [2.05, 4.69) is 29.3 Å². The Labute approximate surface area is 162 Å². The van der Waals surface area contributed by atoms with Crippen LogP contribution < -0.4 is 10.1 Å². The summed E-state index contributed by atoms with van der Waals surface area (Å²) >= 11 is 0. The van der Waals surface area contributed by atoms with Gasteiger partial charge in [-0.1, -0.05) is 12.1 Å². The fourth-order valence-electron chi connectivity index (χ4n) is 3.71. The van der Waals surface area contributed by atoms with E-state index in [1.54, 1.807) is 7.11 Å². The normalized spacial score (nSPS) is 23.5. The molecular formula is C21H33N3O3. The van der Waals surface area contributed by atoms with Crippen LogP contribution in [0.15, 0.2) is 29.3 Å². The molecule has 0 aromatic heterocycles. The summed E-state index contributed by atoms with van der Waals surface area (Å²) in [5.74, 6) is 1.91. The van der Waals surface area contributed by atoms with Crippen molar-refractivity contribution in [2.24, 2.45) is 4.99 Å². The fraction of sp³-hybridized carbons (Fsp3) is 0.667. The second kappa shape index (κ2) is 10.5. The molecule has 2 unspecified atom stereocenters. The summed E-state index contributed by atoms with van der Waals surface area (Å²) in [6.45, 7) is 7.13. The third-order valence-electron chi connectivity index (χ3n) is 5.13. The predicted octanol–water partition coefficient (Wildman–Crippen LogP) is 2.47. The van der Waals surface area contributed by atoms with E-state index in [9.17, 15) is 0 Å². The second-order valence-corrected chi connectivity index (χ2v) is 7.10. The molecule has 2 aliphatic rings. The molecule has 0 saturated carbocycles. The van der Waals surface area contributed by atoms with Gasteiger partial charge in [-0.2, -0.15) is 0 Å². The average Bonchev–Trinajstić information content (AvgIpc) is 3.25. The first-order chi connectivity index (χ1) is 13.3. The van der Waals surface area contributed by atoms with E-state index in [1.165, 1.54) is 5.56 Å². The molecule has 6 nitrogen and oxygen atoms in total. The molecule has 6 heteroatoms. The van der Waals surface area contributed by atoms with Crippen LogP contribution in [0, 0.1) is 0 Å². The topological polar surface area (TPSA) is 55.3 Å². The number of benzene rings is 1. The zero-order valence-electron chi connectivity index (χ0n) is 16.7. The van der Waals surface area contributed by atoms with Crippen molar-refractivity contribution < 1.29 is 14.2 Å². The first kappa shape index (κ1) is 20.0. The highest BCUT2D eigenvalue weighted by Crippen LogP contribution is 2.21. The van der Waals surface area contributed by atoms with Gasteiger partial charge in [0.2, 0.25) is 0 Å². The highest BCUT2D eigenvalue weighted by molar-refractivity contribution is 5.80. The summed E-state index contributed by atoms with van der Waals surface area (Å²) in [6.07, 6.45) is 4.66. The van der Waals surface area contributed by atoms with Crippen molar-refractivity contribution in [2.75, 3.05) is 46.5 Å². The number of methoxy groups -OCH3 is 1. The second-order valence-electron chi connectivity index (χ2n) is 7.10. The maximum atomic E-state index is 5.96. The molecule has 0 radical (unpaired) electrons. The van der Waals surface area contributed by atoms with E-state index in [-0.39, 0.29) is 12.2 Å². The molecule has 2 aliphatic heterocycles. The summed E-state index contributed by atoms with van der Waals surface area (Å²) in [5.41, 5.74) is 1.29. The maximum absolute atomic E-state index is 5.96. The van der Waals surface area contributed by atoms with Crippen molar-refractivity contribution in [2.45, 2.75) is 44.8 Å². The third kappa shape index (κ3) is 5.84. The average molecular weight is 376 g/mol. The van der Waals surface area contributed by atoms with Gasteiger partial charge in [0.1, 0.15) is 11.9 Å². The van der Waals surface area contributed by atoms with Gasteiger partial charge in [0, 0.05) is 32.8 Å². The minimum Gasteiger partial charge on any atom is -0.497 e. The Hall–Kier alpha value is -1.79. The lowest BCUT2D eigenvalue weighted by Crippen LogP contribution is -2.53. The van der Waals surface area contributed by atoms with Gasteiger partial charge in [0.25, 0.3) is 0 Å². The van der Waals surface area contributed by atoms with Gasteiger partial charge in [-0.05, 0) is 50.3 Å². The number of morpholine rings is 1. The SMILES string of the molecule is CCNC(=NCCCc1cccc(OC)c1)N1CCOC(C2CCCO2)C1. The molecular weight excluding hydrogens is 342 g/mol. The Morgan fingerprint density at radius 2 is 2.19 bits per heavy atom. The Balaban J connectivity index is 1.52. The van der Waals surface area contributed by atoms with Crippen LogP contribution in [0.3, 0.4) is 0 Å². The minimum absolute atomic E-state index is 0.155. The van der Waals surface area contributed by atoms with E-state index in [0.29, 0.717) is 0 Å². The van der Waals surface area contributed by atoms with Crippen molar-refractivity contribution in [3.63, 3.8) is 0 Å². The van der Waals surface area contributed by atoms with Crippen molar-refractivity contribution in [3.8, 4) is 5.75 Å². The number of ether oxygens (including phenoxy) is 3. The molecule has 2 atom stereocenters. The lowest BCUT2D eigenvalue weighted by atomic mass is 10.1. The van der Waals surface area contributed by atoms with Gasteiger partial charge in [-0.15, -0.1) is 0 Å². The number of hydrogen-bond acceptors (Lipinski definition) is 4. The molecule has 1 aromatic carbocycles. The van der Waals surface area contributed by atoms with Crippen LogP contribution >= 0.6 is 0 Å². The number of guanidine groups is 1. The zero-order chi connectivity index (χ0) is 18.9. The number of rotatable bonds is 7. The number of hydrogen-bond donors (Lipinski definition) is 1. The van der Waals surface area contributed by atoms with Gasteiger partial charge in [-0.3, -0.25) is 4.99 Å². The van der Waals surface area contributed by atoms with Crippen LogP contribution in [-0.2, 0) is 15.9 Å². The van der Waals surface area contributed by atoms with Gasteiger partial charge in [0.05, 0.1) is 19.8 Å². The van der Waals surface area contributed by atoms with Crippen LogP contribution in [0.4, 0.5) is 0 Å². The van der Waals surface area contributed by atoms with Crippen LogP contribution in [0.5, 0.6) is 5.75 Å². The Morgan fingerprint density at radius 3 is 2.96 bits per heavy atom. The summed E-state index contributed by atoms with van der Waals surface area (Å²) in [7, 11) is 1.71. The molecule has 2 heterocycles. The summed E-state index contributed by atoms with van der Waals surface area (Å²) in [4.78, 5) is 7.18. The first-order valence-corrected chi connectivity index (χ1v) is 10.2. The van der Waals surface area contributed by atoms with Crippen LogP contribution in [-0.4, -0.2) is 69.6 Å². The fourth-order valence-corrected chi connectivity index (χ4v) is 3.71. The highest BCUT2D eigenvalue weighted by atomic mass is 16.5. The predicted molar refractivity (Wildman–Crippen MR) is 108 cm³/mol. The molecule has 150 valence electrons. The molecule has 1 N–H and O–H groups in total. The Morgan fingerprint density at radius 1 is 1.30 bits per heavy atom. The molecule has 1 aromatic rings. The molecule has 0 aliphatic carbocycles. The van der Waals surface area contributed by atoms with Crippen LogP contribution in [0.1, 0.15) is 31.7 Å². The molecule has 27 heavy (non-hydrogen) atoms. The summed E-state index contributed by atoms with van der Waals surface area (Å²) in [6, 6.07) is 8.27. The van der Waals surface area contributed by atoms with Gasteiger partial charge < -0.3 is 24.4 Å². The number of aryl methyl sites for hydroxylation is 1. The quantitative estimate of drug-likeness (QED) is 0.451. The van der Waals surface area contributed by atoms with E-state index in [1.807, 2.05) is 12.1 Å². The van der Waals surface area contributed by atoms with Crippen molar-refractivity contribution >= 4 is 5.96 Å². The zero-order valence-corrected chi connectivity index (χ0v) is 16.7. The van der Waals surface area contributed by atoms with E-state index >= 15 is 0 Å². The third-order valence-corrected chi connectivity index (χ3v) is 5.13. The van der Waals surface area contributed by atoms with Crippen LogP contribution in [0.25, 0.3) is 0 Å². The molecule has 3 rings (SSSR count). The van der Waals surface area contributed by atoms with Gasteiger partial charge >= 0.3 is 0 Å². The van der Waals surface area contributed by atoms with Crippen LogP contribution in [0.2, 0.25) is 0 Å². The number of nitrogens with zero attached hydrogens (tertiary/aromatic N) is 2. The molecule has 2 saturated heterocycles. The number of nitrogens with one attached hydrogen (secondary N) is 1.